The van der Waals surface area contributed by atoms with Crippen molar-refractivity contribution in [3.05, 3.63) is 64.5 Å². The number of benzene rings is 2. The SMILES string of the molecule is Cc1cccc(C(C)C)c1NC(=O)c1cc2ccccc2s1. The summed E-state index contributed by atoms with van der Waals surface area (Å²) in [5.74, 6) is 0.343. The molecule has 3 heteroatoms. The number of aryl methyl sites for hydroxylation is 1. The molecule has 1 amide bonds. The van der Waals surface area contributed by atoms with Crippen LogP contribution in [0.15, 0.2) is 48.5 Å². The second-order valence-corrected chi connectivity index (χ2v) is 6.88. The first kappa shape index (κ1) is 14.8. The van der Waals surface area contributed by atoms with Gasteiger partial charge in [-0.05, 0) is 41.5 Å². The molecule has 1 aromatic heterocycles. The third-order valence-electron chi connectivity index (χ3n) is 3.81. The number of rotatable bonds is 3. The lowest BCUT2D eigenvalue weighted by atomic mass is 9.98. The summed E-state index contributed by atoms with van der Waals surface area (Å²) in [6.07, 6.45) is 0. The van der Waals surface area contributed by atoms with Gasteiger partial charge in [0.1, 0.15) is 0 Å². The topological polar surface area (TPSA) is 29.1 Å². The molecule has 3 aromatic rings. The Kier molecular flexibility index (Phi) is 3.99. The minimum Gasteiger partial charge on any atom is -0.321 e. The van der Waals surface area contributed by atoms with E-state index < -0.39 is 0 Å². The molecule has 0 aliphatic rings. The first-order valence-corrected chi connectivity index (χ1v) is 8.27. The molecular formula is C19H19NOS. The lowest BCUT2D eigenvalue weighted by Gasteiger charge is -2.16. The quantitative estimate of drug-likeness (QED) is 0.671. The molecule has 0 aliphatic heterocycles. The highest BCUT2D eigenvalue weighted by molar-refractivity contribution is 7.20. The van der Waals surface area contributed by atoms with Crippen molar-refractivity contribution in [2.75, 3.05) is 5.32 Å². The highest BCUT2D eigenvalue weighted by Gasteiger charge is 2.15. The molecular weight excluding hydrogens is 290 g/mol. The van der Waals surface area contributed by atoms with Gasteiger partial charge in [0, 0.05) is 10.4 Å². The van der Waals surface area contributed by atoms with Gasteiger partial charge in [0.15, 0.2) is 0 Å². The standard InChI is InChI=1S/C19H19NOS/c1-12(2)15-9-6-7-13(3)18(15)20-19(21)17-11-14-8-4-5-10-16(14)22-17/h4-12H,1-3H3,(H,20,21). The van der Waals surface area contributed by atoms with Crippen LogP contribution in [0, 0.1) is 6.92 Å². The maximum atomic E-state index is 12.6. The van der Waals surface area contributed by atoms with Crippen molar-refractivity contribution in [3.8, 4) is 0 Å². The summed E-state index contributed by atoms with van der Waals surface area (Å²) in [7, 11) is 0. The predicted octanol–water partition coefficient (Wildman–Crippen LogP) is 5.59. The molecule has 0 saturated carbocycles. The van der Waals surface area contributed by atoms with E-state index in [9.17, 15) is 4.79 Å². The molecule has 0 unspecified atom stereocenters. The van der Waals surface area contributed by atoms with Gasteiger partial charge >= 0.3 is 0 Å². The van der Waals surface area contributed by atoms with Crippen LogP contribution in [0.5, 0.6) is 0 Å². The number of carbonyl (C=O) groups is 1. The highest BCUT2D eigenvalue weighted by atomic mass is 32.1. The fourth-order valence-electron chi connectivity index (χ4n) is 2.61. The molecule has 0 fully saturated rings. The molecule has 2 aromatic carbocycles. The van der Waals surface area contributed by atoms with Gasteiger partial charge in [0.05, 0.1) is 4.88 Å². The van der Waals surface area contributed by atoms with Crippen molar-refractivity contribution in [1.82, 2.24) is 0 Å². The number of para-hydroxylation sites is 1. The molecule has 0 aliphatic carbocycles. The Morgan fingerprint density at radius 2 is 1.86 bits per heavy atom. The van der Waals surface area contributed by atoms with Crippen molar-refractivity contribution in [1.29, 1.82) is 0 Å². The van der Waals surface area contributed by atoms with Crippen LogP contribution in [-0.4, -0.2) is 5.91 Å². The Bertz CT molecular complexity index is 799. The molecule has 1 heterocycles. The zero-order valence-corrected chi connectivity index (χ0v) is 13.8. The van der Waals surface area contributed by atoms with Crippen LogP contribution in [0.2, 0.25) is 0 Å². The van der Waals surface area contributed by atoms with Crippen LogP contribution in [0.4, 0.5) is 5.69 Å². The van der Waals surface area contributed by atoms with Crippen LogP contribution in [0.25, 0.3) is 10.1 Å². The van der Waals surface area contributed by atoms with E-state index in [1.807, 2.05) is 49.4 Å². The van der Waals surface area contributed by atoms with Crippen LogP contribution >= 0.6 is 11.3 Å². The molecule has 2 nitrogen and oxygen atoms in total. The van der Waals surface area contributed by atoms with E-state index in [-0.39, 0.29) is 5.91 Å². The third kappa shape index (κ3) is 2.77. The highest BCUT2D eigenvalue weighted by Crippen LogP contribution is 2.30. The number of hydrogen-bond donors (Lipinski definition) is 1. The fourth-order valence-corrected chi connectivity index (χ4v) is 3.57. The lowest BCUT2D eigenvalue weighted by Crippen LogP contribution is -2.13. The predicted molar refractivity (Wildman–Crippen MR) is 95.0 cm³/mol. The average Bonchev–Trinajstić information content (AvgIpc) is 2.93. The maximum Gasteiger partial charge on any atom is 0.265 e. The Balaban J connectivity index is 1.94. The summed E-state index contributed by atoms with van der Waals surface area (Å²) >= 11 is 1.53. The van der Waals surface area contributed by atoms with E-state index >= 15 is 0 Å². The third-order valence-corrected chi connectivity index (χ3v) is 4.93. The summed E-state index contributed by atoms with van der Waals surface area (Å²) in [4.78, 5) is 13.4. The van der Waals surface area contributed by atoms with Gasteiger partial charge in [0.25, 0.3) is 5.91 Å². The van der Waals surface area contributed by atoms with Gasteiger partial charge in [-0.25, -0.2) is 0 Å². The van der Waals surface area contributed by atoms with Crippen LogP contribution < -0.4 is 5.32 Å². The van der Waals surface area contributed by atoms with Crippen molar-refractivity contribution < 1.29 is 4.79 Å². The number of amides is 1. The maximum absolute atomic E-state index is 12.6. The van der Waals surface area contributed by atoms with Gasteiger partial charge in [-0.3, -0.25) is 4.79 Å². The monoisotopic (exact) mass is 309 g/mol. The van der Waals surface area contributed by atoms with Crippen molar-refractivity contribution in [2.45, 2.75) is 26.7 Å². The number of fused-ring (bicyclic) bond motifs is 1. The second-order valence-electron chi connectivity index (χ2n) is 5.80. The number of thiophene rings is 1. The number of carbonyl (C=O) groups excluding carboxylic acids is 1. The first-order chi connectivity index (χ1) is 10.6. The minimum atomic E-state index is -0.0302. The molecule has 0 spiro atoms. The normalized spacial score (nSPS) is 11.1. The second kappa shape index (κ2) is 5.93. The summed E-state index contributed by atoms with van der Waals surface area (Å²) in [6.45, 7) is 6.32. The molecule has 1 N–H and O–H groups in total. The van der Waals surface area contributed by atoms with Gasteiger partial charge in [-0.2, -0.15) is 0 Å². The zero-order valence-electron chi connectivity index (χ0n) is 13.0. The Morgan fingerprint density at radius 1 is 1.09 bits per heavy atom. The summed E-state index contributed by atoms with van der Waals surface area (Å²) in [5.41, 5.74) is 3.22. The lowest BCUT2D eigenvalue weighted by molar-refractivity contribution is 0.103. The molecule has 0 radical (unpaired) electrons. The van der Waals surface area contributed by atoms with Gasteiger partial charge < -0.3 is 5.32 Å². The molecule has 0 bridgehead atoms. The number of anilines is 1. The van der Waals surface area contributed by atoms with E-state index in [1.165, 1.54) is 16.9 Å². The number of hydrogen-bond acceptors (Lipinski definition) is 2. The molecule has 22 heavy (non-hydrogen) atoms. The minimum absolute atomic E-state index is 0.0302. The fraction of sp³-hybridized carbons (Fsp3) is 0.211. The molecule has 112 valence electrons. The van der Waals surface area contributed by atoms with Crippen LogP contribution in [0.3, 0.4) is 0 Å². The van der Waals surface area contributed by atoms with Gasteiger partial charge in [-0.15, -0.1) is 11.3 Å². The smallest absolute Gasteiger partial charge is 0.265 e. The van der Waals surface area contributed by atoms with Crippen molar-refractivity contribution in [2.24, 2.45) is 0 Å². The van der Waals surface area contributed by atoms with Crippen LogP contribution in [-0.2, 0) is 0 Å². The van der Waals surface area contributed by atoms with Crippen molar-refractivity contribution in [3.63, 3.8) is 0 Å². The summed E-state index contributed by atoms with van der Waals surface area (Å²) < 4.78 is 1.14. The Labute approximate surface area is 134 Å². The van der Waals surface area contributed by atoms with E-state index in [4.69, 9.17) is 0 Å². The Morgan fingerprint density at radius 3 is 2.59 bits per heavy atom. The van der Waals surface area contributed by atoms with Crippen LogP contribution in [0.1, 0.15) is 40.6 Å². The van der Waals surface area contributed by atoms with Crippen molar-refractivity contribution >= 4 is 33.0 Å². The molecule has 0 saturated heterocycles. The van der Waals surface area contributed by atoms with E-state index in [0.29, 0.717) is 5.92 Å². The molecule has 3 rings (SSSR count). The average molecular weight is 309 g/mol. The van der Waals surface area contributed by atoms with E-state index in [1.54, 1.807) is 0 Å². The summed E-state index contributed by atoms with van der Waals surface area (Å²) in [6, 6.07) is 16.2. The Hall–Kier alpha value is -2.13. The first-order valence-electron chi connectivity index (χ1n) is 7.45. The number of nitrogens with one attached hydrogen (secondary N) is 1. The summed E-state index contributed by atoms with van der Waals surface area (Å²) in [5, 5.41) is 4.23. The largest absolute Gasteiger partial charge is 0.321 e. The molecule has 0 atom stereocenters. The van der Waals surface area contributed by atoms with Gasteiger partial charge in [0.2, 0.25) is 0 Å². The van der Waals surface area contributed by atoms with E-state index in [2.05, 4.69) is 25.2 Å². The van der Waals surface area contributed by atoms with Gasteiger partial charge in [-0.1, -0.05) is 50.2 Å². The van der Waals surface area contributed by atoms with E-state index in [0.717, 1.165) is 26.2 Å². The zero-order chi connectivity index (χ0) is 15.7.